The van der Waals surface area contributed by atoms with Crippen LogP contribution in [0.4, 0.5) is 0 Å². The molecule has 0 bridgehead atoms. The number of nitrogens with zero attached hydrogens (tertiary/aromatic N) is 1. The molecule has 1 aromatic rings. The SMILES string of the molecule is CCC1(C)NC(c2cccc(C)c2)N(CC2CCC2)C1=O. The van der Waals surface area contributed by atoms with Crippen LogP contribution in [0.3, 0.4) is 0 Å². The van der Waals surface area contributed by atoms with Crippen molar-refractivity contribution in [2.24, 2.45) is 5.92 Å². The minimum absolute atomic E-state index is 0.0305. The number of hydrogen-bond donors (Lipinski definition) is 1. The van der Waals surface area contributed by atoms with Crippen molar-refractivity contribution in [1.29, 1.82) is 0 Å². The highest BCUT2D eigenvalue weighted by Crippen LogP contribution is 2.36. The molecule has 0 aromatic heterocycles. The fraction of sp³-hybridized carbons (Fsp3) is 0.611. The molecule has 2 unspecified atom stereocenters. The van der Waals surface area contributed by atoms with Gasteiger partial charge in [-0.15, -0.1) is 0 Å². The van der Waals surface area contributed by atoms with Crippen LogP contribution in [-0.4, -0.2) is 22.9 Å². The molecule has 2 atom stereocenters. The summed E-state index contributed by atoms with van der Waals surface area (Å²) in [7, 11) is 0. The number of carbonyl (C=O) groups is 1. The molecule has 21 heavy (non-hydrogen) atoms. The fourth-order valence-corrected chi connectivity index (χ4v) is 3.37. The molecule has 1 amide bonds. The van der Waals surface area contributed by atoms with Gasteiger partial charge in [0, 0.05) is 6.54 Å². The largest absolute Gasteiger partial charge is 0.321 e. The Morgan fingerprint density at radius 3 is 2.71 bits per heavy atom. The minimum Gasteiger partial charge on any atom is -0.321 e. The monoisotopic (exact) mass is 286 g/mol. The Morgan fingerprint density at radius 1 is 1.38 bits per heavy atom. The zero-order chi connectivity index (χ0) is 15.0. The van der Waals surface area contributed by atoms with Crippen LogP contribution in [0.1, 0.15) is 56.8 Å². The summed E-state index contributed by atoms with van der Waals surface area (Å²) in [6.07, 6.45) is 4.72. The van der Waals surface area contributed by atoms with Gasteiger partial charge in [0.15, 0.2) is 0 Å². The zero-order valence-corrected chi connectivity index (χ0v) is 13.4. The van der Waals surface area contributed by atoms with Crippen LogP contribution in [0.5, 0.6) is 0 Å². The van der Waals surface area contributed by atoms with E-state index in [0.29, 0.717) is 5.92 Å². The van der Waals surface area contributed by atoms with Crippen LogP contribution < -0.4 is 5.32 Å². The second kappa shape index (κ2) is 5.45. The topological polar surface area (TPSA) is 32.3 Å². The van der Waals surface area contributed by atoms with Crippen molar-refractivity contribution in [2.45, 2.75) is 58.2 Å². The average Bonchev–Trinajstić information content (AvgIpc) is 2.68. The van der Waals surface area contributed by atoms with E-state index in [2.05, 4.69) is 48.3 Å². The van der Waals surface area contributed by atoms with E-state index in [4.69, 9.17) is 0 Å². The van der Waals surface area contributed by atoms with Gasteiger partial charge in [-0.25, -0.2) is 0 Å². The third kappa shape index (κ3) is 2.59. The molecule has 1 saturated carbocycles. The summed E-state index contributed by atoms with van der Waals surface area (Å²) in [4.78, 5) is 15.0. The Labute approximate surface area is 127 Å². The second-order valence-corrected chi connectivity index (χ2v) is 6.90. The van der Waals surface area contributed by atoms with Crippen LogP contribution in [0.15, 0.2) is 24.3 Å². The number of carbonyl (C=O) groups excluding carboxylic acids is 1. The van der Waals surface area contributed by atoms with Gasteiger partial charge in [0.1, 0.15) is 6.17 Å². The molecular formula is C18H26N2O. The van der Waals surface area contributed by atoms with E-state index in [1.165, 1.54) is 30.4 Å². The van der Waals surface area contributed by atoms with Gasteiger partial charge in [-0.1, -0.05) is 43.2 Å². The predicted molar refractivity (Wildman–Crippen MR) is 84.8 cm³/mol. The first kappa shape index (κ1) is 14.6. The minimum atomic E-state index is -0.418. The smallest absolute Gasteiger partial charge is 0.244 e. The second-order valence-electron chi connectivity index (χ2n) is 6.90. The van der Waals surface area contributed by atoms with E-state index in [1.807, 2.05) is 6.92 Å². The highest BCUT2D eigenvalue weighted by atomic mass is 16.2. The highest BCUT2D eigenvalue weighted by molar-refractivity contribution is 5.88. The van der Waals surface area contributed by atoms with Gasteiger partial charge in [-0.2, -0.15) is 0 Å². The molecule has 1 aliphatic heterocycles. The summed E-state index contributed by atoms with van der Waals surface area (Å²) in [5.74, 6) is 0.964. The molecule has 1 N–H and O–H groups in total. The molecule has 0 spiro atoms. The summed E-state index contributed by atoms with van der Waals surface area (Å²) in [5, 5.41) is 3.59. The first-order chi connectivity index (χ1) is 10.0. The summed E-state index contributed by atoms with van der Waals surface area (Å²) in [5.41, 5.74) is 2.04. The van der Waals surface area contributed by atoms with Gasteiger partial charge >= 0.3 is 0 Å². The van der Waals surface area contributed by atoms with Crippen LogP contribution >= 0.6 is 0 Å². The number of benzene rings is 1. The van der Waals surface area contributed by atoms with Gasteiger partial charge in [-0.05, 0) is 44.6 Å². The maximum Gasteiger partial charge on any atom is 0.244 e. The van der Waals surface area contributed by atoms with Gasteiger partial charge in [0.25, 0.3) is 0 Å². The van der Waals surface area contributed by atoms with Crippen LogP contribution in [0, 0.1) is 12.8 Å². The van der Waals surface area contributed by atoms with Crippen molar-refractivity contribution < 1.29 is 4.79 Å². The third-order valence-corrected chi connectivity index (χ3v) is 5.24. The molecule has 0 radical (unpaired) electrons. The molecule has 3 nitrogen and oxygen atoms in total. The van der Waals surface area contributed by atoms with Crippen LogP contribution in [-0.2, 0) is 4.79 Å². The van der Waals surface area contributed by atoms with Gasteiger partial charge in [0.2, 0.25) is 5.91 Å². The van der Waals surface area contributed by atoms with E-state index in [1.54, 1.807) is 0 Å². The van der Waals surface area contributed by atoms with Gasteiger partial charge in [-0.3, -0.25) is 10.1 Å². The highest BCUT2D eigenvalue weighted by Gasteiger charge is 2.47. The lowest BCUT2D eigenvalue weighted by molar-refractivity contribution is -0.134. The lowest BCUT2D eigenvalue weighted by atomic mass is 9.85. The molecule has 1 heterocycles. The number of rotatable bonds is 4. The summed E-state index contributed by atoms with van der Waals surface area (Å²) in [6, 6.07) is 8.52. The Kier molecular flexibility index (Phi) is 3.78. The Bertz CT molecular complexity index is 538. The van der Waals surface area contributed by atoms with E-state index in [9.17, 15) is 4.79 Å². The Hall–Kier alpha value is -1.35. The van der Waals surface area contributed by atoms with Crippen molar-refractivity contribution >= 4 is 5.91 Å². The molecule has 114 valence electrons. The van der Waals surface area contributed by atoms with Crippen molar-refractivity contribution in [3.63, 3.8) is 0 Å². The Balaban J connectivity index is 1.89. The molecule has 1 aromatic carbocycles. The van der Waals surface area contributed by atoms with Crippen molar-refractivity contribution in [3.8, 4) is 0 Å². The number of hydrogen-bond acceptors (Lipinski definition) is 2. The maximum absolute atomic E-state index is 12.9. The third-order valence-electron chi connectivity index (χ3n) is 5.24. The standard InChI is InChI=1S/C18H26N2O/c1-4-18(3)17(21)20(12-14-8-6-9-14)16(19-18)15-10-5-7-13(2)11-15/h5,7,10-11,14,16,19H,4,6,8-9,12H2,1-3H3. The predicted octanol–water partition coefficient (Wildman–Crippen LogP) is 3.39. The lowest BCUT2D eigenvalue weighted by Gasteiger charge is -2.33. The van der Waals surface area contributed by atoms with Gasteiger partial charge < -0.3 is 4.90 Å². The first-order valence-electron chi connectivity index (χ1n) is 8.19. The number of nitrogens with one attached hydrogen (secondary N) is 1. The summed E-state index contributed by atoms with van der Waals surface area (Å²) < 4.78 is 0. The van der Waals surface area contributed by atoms with E-state index in [0.717, 1.165) is 13.0 Å². The van der Waals surface area contributed by atoms with Gasteiger partial charge in [0.05, 0.1) is 5.54 Å². The summed E-state index contributed by atoms with van der Waals surface area (Å²) >= 11 is 0. The molecule has 3 heteroatoms. The normalized spacial score (nSPS) is 29.8. The van der Waals surface area contributed by atoms with Crippen molar-refractivity contribution in [2.75, 3.05) is 6.54 Å². The molecule has 2 aliphatic rings. The van der Waals surface area contributed by atoms with E-state index < -0.39 is 5.54 Å². The molecular weight excluding hydrogens is 260 g/mol. The Morgan fingerprint density at radius 2 is 2.14 bits per heavy atom. The van der Waals surface area contributed by atoms with Crippen molar-refractivity contribution in [1.82, 2.24) is 10.2 Å². The lowest BCUT2D eigenvalue weighted by Crippen LogP contribution is -2.43. The first-order valence-corrected chi connectivity index (χ1v) is 8.19. The number of aryl methyl sites for hydroxylation is 1. The summed E-state index contributed by atoms with van der Waals surface area (Å²) in [6.45, 7) is 7.14. The molecule has 1 aliphatic carbocycles. The molecule has 3 rings (SSSR count). The average molecular weight is 286 g/mol. The van der Waals surface area contributed by atoms with Crippen LogP contribution in [0.25, 0.3) is 0 Å². The quantitative estimate of drug-likeness (QED) is 0.920. The van der Waals surface area contributed by atoms with E-state index in [-0.39, 0.29) is 12.1 Å². The van der Waals surface area contributed by atoms with E-state index >= 15 is 0 Å². The molecule has 1 saturated heterocycles. The van der Waals surface area contributed by atoms with Crippen LogP contribution in [0.2, 0.25) is 0 Å². The fourth-order valence-electron chi connectivity index (χ4n) is 3.37. The maximum atomic E-state index is 12.9. The van der Waals surface area contributed by atoms with Crippen molar-refractivity contribution in [3.05, 3.63) is 35.4 Å². The number of amides is 1. The molecule has 2 fully saturated rings. The zero-order valence-electron chi connectivity index (χ0n) is 13.4.